The summed E-state index contributed by atoms with van der Waals surface area (Å²) in [5, 5.41) is 10.5. The van der Waals surface area contributed by atoms with Crippen LogP contribution in [-0.2, 0) is 24.2 Å². The van der Waals surface area contributed by atoms with Gasteiger partial charge < -0.3 is 0 Å². The number of nitriles is 1. The number of carbonyl (C=O) groups excluding carboxylic acids is 1. The maximum atomic E-state index is 12.6. The lowest BCUT2D eigenvalue weighted by Crippen LogP contribution is -2.33. The maximum absolute atomic E-state index is 12.6. The van der Waals surface area contributed by atoms with E-state index in [1.165, 1.54) is 22.4 Å². The van der Waals surface area contributed by atoms with E-state index in [1.807, 2.05) is 30.3 Å². The smallest absolute Gasteiger partial charge is 0.243 e. The summed E-state index contributed by atoms with van der Waals surface area (Å²) in [6, 6.07) is 17.9. The zero-order valence-corrected chi connectivity index (χ0v) is 15.5. The van der Waals surface area contributed by atoms with Gasteiger partial charge in [0.05, 0.1) is 17.6 Å². The van der Waals surface area contributed by atoms with Gasteiger partial charge in [-0.25, -0.2) is 4.98 Å². The number of benzene rings is 2. The number of pyridine rings is 1. The van der Waals surface area contributed by atoms with Crippen molar-refractivity contribution < 1.29 is 4.79 Å². The highest BCUT2D eigenvalue weighted by Crippen LogP contribution is 2.27. The molecule has 0 saturated carbocycles. The molecule has 0 N–H and O–H groups in total. The molecule has 0 bridgehead atoms. The van der Waals surface area contributed by atoms with E-state index in [1.54, 1.807) is 6.07 Å². The van der Waals surface area contributed by atoms with Gasteiger partial charge in [0.15, 0.2) is 5.82 Å². The molecule has 5 heteroatoms. The number of hydrogen-bond donors (Lipinski definition) is 0. The van der Waals surface area contributed by atoms with Crippen LogP contribution in [-0.4, -0.2) is 16.8 Å². The zero-order valence-electron chi connectivity index (χ0n) is 14.8. The van der Waals surface area contributed by atoms with Crippen molar-refractivity contribution in [2.75, 3.05) is 10.8 Å². The molecule has 0 radical (unpaired) electrons. The first-order valence-corrected chi connectivity index (χ1v) is 9.50. The molecule has 134 valence electrons. The van der Waals surface area contributed by atoms with Gasteiger partial charge in [-0.05, 0) is 48.1 Å². The van der Waals surface area contributed by atoms with E-state index >= 15 is 0 Å². The molecule has 0 saturated heterocycles. The molecule has 4 nitrogen and oxygen atoms in total. The molecule has 0 atom stereocenters. The Kier molecular flexibility index (Phi) is 4.79. The van der Waals surface area contributed by atoms with Gasteiger partial charge in [-0.2, -0.15) is 5.26 Å². The van der Waals surface area contributed by atoms with Crippen molar-refractivity contribution in [1.82, 2.24) is 4.98 Å². The number of fused-ring (bicyclic) bond motifs is 2. The minimum absolute atomic E-state index is 0.162. The average Bonchev–Trinajstić information content (AvgIpc) is 3.18. The largest absolute Gasteiger partial charge is 0.290 e. The van der Waals surface area contributed by atoms with E-state index in [2.05, 4.69) is 23.2 Å². The second kappa shape index (κ2) is 7.38. The Morgan fingerprint density at radius 1 is 1.15 bits per heavy atom. The first kappa shape index (κ1) is 17.5. The van der Waals surface area contributed by atoms with E-state index in [0.717, 1.165) is 29.3 Å². The van der Waals surface area contributed by atoms with Crippen LogP contribution in [0.1, 0.15) is 28.7 Å². The zero-order chi connectivity index (χ0) is 18.8. The number of alkyl halides is 1. The van der Waals surface area contributed by atoms with Crippen molar-refractivity contribution in [2.24, 2.45) is 0 Å². The normalized spacial score (nSPS) is 12.6. The van der Waals surface area contributed by atoms with Crippen molar-refractivity contribution >= 4 is 34.2 Å². The van der Waals surface area contributed by atoms with Crippen LogP contribution in [0.2, 0.25) is 0 Å². The predicted molar refractivity (Wildman–Crippen MR) is 107 cm³/mol. The first-order chi connectivity index (χ1) is 13.2. The van der Waals surface area contributed by atoms with Gasteiger partial charge in [0.2, 0.25) is 5.91 Å². The van der Waals surface area contributed by atoms with Gasteiger partial charge in [-0.15, -0.1) is 11.6 Å². The molecule has 0 spiro atoms. The number of halogens is 1. The number of nitrogens with zero attached hydrogens (tertiary/aromatic N) is 3. The van der Waals surface area contributed by atoms with Gasteiger partial charge in [0, 0.05) is 5.39 Å². The van der Waals surface area contributed by atoms with Gasteiger partial charge >= 0.3 is 0 Å². The predicted octanol–water partition coefficient (Wildman–Crippen LogP) is 4.37. The third-order valence-corrected chi connectivity index (χ3v) is 5.23. The summed E-state index contributed by atoms with van der Waals surface area (Å²) in [6.45, 7) is 0.346. The Labute approximate surface area is 163 Å². The Balaban J connectivity index is 1.77. The first-order valence-electron chi connectivity index (χ1n) is 8.96. The number of amides is 1. The number of para-hydroxylation sites is 1. The summed E-state index contributed by atoms with van der Waals surface area (Å²) >= 11 is 5.87. The molecule has 4 rings (SSSR count). The quantitative estimate of drug-likeness (QED) is 0.636. The van der Waals surface area contributed by atoms with Gasteiger partial charge in [0.1, 0.15) is 11.9 Å². The molecule has 1 amide bonds. The number of rotatable bonds is 4. The average molecular weight is 376 g/mol. The summed E-state index contributed by atoms with van der Waals surface area (Å²) in [5.41, 5.74) is 4.86. The highest BCUT2D eigenvalue weighted by molar-refractivity contribution is 6.29. The van der Waals surface area contributed by atoms with Crippen LogP contribution >= 0.6 is 11.6 Å². The minimum atomic E-state index is -0.267. The standard InChI is InChI=1S/C22H18ClN3O/c23-12-21(27)26(14-15-8-9-16-5-3-6-17(16)10-15)22-19(13-24)11-18-4-1-2-7-20(18)25-22/h1-2,4,7-11H,3,5-6,12,14H2. The summed E-state index contributed by atoms with van der Waals surface area (Å²) in [6.07, 6.45) is 3.36. The van der Waals surface area contributed by atoms with Crippen molar-refractivity contribution in [2.45, 2.75) is 25.8 Å². The van der Waals surface area contributed by atoms with E-state index in [0.29, 0.717) is 17.9 Å². The molecular formula is C22H18ClN3O. The number of hydrogen-bond acceptors (Lipinski definition) is 3. The van der Waals surface area contributed by atoms with Crippen LogP contribution in [0.25, 0.3) is 10.9 Å². The second-order valence-corrected chi connectivity index (χ2v) is 7.00. The van der Waals surface area contributed by atoms with E-state index in [9.17, 15) is 10.1 Å². The van der Waals surface area contributed by atoms with Crippen molar-refractivity contribution in [3.63, 3.8) is 0 Å². The number of aromatic nitrogens is 1. The Morgan fingerprint density at radius 2 is 1.96 bits per heavy atom. The minimum Gasteiger partial charge on any atom is -0.290 e. The third-order valence-electron chi connectivity index (χ3n) is 5.00. The van der Waals surface area contributed by atoms with Gasteiger partial charge in [0.25, 0.3) is 0 Å². The molecule has 0 aliphatic heterocycles. The molecule has 0 unspecified atom stereocenters. The maximum Gasteiger partial charge on any atom is 0.243 e. The Hall–Kier alpha value is -2.90. The van der Waals surface area contributed by atoms with Crippen LogP contribution in [0.5, 0.6) is 0 Å². The molecule has 1 aliphatic rings. The van der Waals surface area contributed by atoms with Crippen LogP contribution in [0.4, 0.5) is 5.82 Å². The Bertz CT molecular complexity index is 1070. The fraction of sp³-hybridized carbons (Fsp3) is 0.227. The molecular weight excluding hydrogens is 358 g/mol. The second-order valence-electron chi connectivity index (χ2n) is 6.73. The lowest BCUT2D eigenvalue weighted by molar-refractivity contribution is -0.116. The monoisotopic (exact) mass is 375 g/mol. The van der Waals surface area contributed by atoms with Gasteiger partial charge in [-0.3, -0.25) is 9.69 Å². The van der Waals surface area contributed by atoms with E-state index in [-0.39, 0.29) is 11.8 Å². The summed E-state index contributed by atoms with van der Waals surface area (Å²) in [4.78, 5) is 18.7. The van der Waals surface area contributed by atoms with Crippen molar-refractivity contribution in [3.05, 3.63) is 70.8 Å². The van der Waals surface area contributed by atoms with E-state index < -0.39 is 0 Å². The number of carbonyl (C=O) groups is 1. The topological polar surface area (TPSA) is 57.0 Å². The van der Waals surface area contributed by atoms with Crippen LogP contribution in [0.15, 0.2) is 48.5 Å². The summed E-state index contributed by atoms with van der Waals surface area (Å²) < 4.78 is 0. The van der Waals surface area contributed by atoms with Crippen LogP contribution in [0.3, 0.4) is 0 Å². The molecule has 3 aromatic rings. The summed E-state index contributed by atoms with van der Waals surface area (Å²) in [5.74, 6) is -0.0663. The van der Waals surface area contributed by atoms with Crippen molar-refractivity contribution in [1.29, 1.82) is 5.26 Å². The van der Waals surface area contributed by atoms with Crippen molar-refractivity contribution in [3.8, 4) is 6.07 Å². The lowest BCUT2D eigenvalue weighted by Gasteiger charge is -2.23. The molecule has 27 heavy (non-hydrogen) atoms. The lowest BCUT2D eigenvalue weighted by atomic mass is 10.1. The number of aryl methyl sites for hydroxylation is 2. The Morgan fingerprint density at radius 3 is 2.78 bits per heavy atom. The SMILES string of the molecule is N#Cc1cc2ccccc2nc1N(Cc1ccc2c(c1)CCC2)C(=O)CCl. The highest BCUT2D eigenvalue weighted by atomic mass is 35.5. The molecule has 1 aliphatic carbocycles. The number of anilines is 1. The molecule has 1 aromatic heterocycles. The van der Waals surface area contributed by atoms with Crippen LogP contribution in [0, 0.1) is 11.3 Å². The fourth-order valence-corrected chi connectivity index (χ4v) is 3.80. The van der Waals surface area contributed by atoms with Gasteiger partial charge in [-0.1, -0.05) is 36.4 Å². The van der Waals surface area contributed by atoms with E-state index in [4.69, 9.17) is 11.6 Å². The fourth-order valence-electron chi connectivity index (χ4n) is 3.65. The third kappa shape index (κ3) is 3.39. The highest BCUT2D eigenvalue weighted by Gasteiger charge is 2.22. The molecule has 1 heterocycles. The van der Waals surface area contributed by atoms with Crippen LogP contribution < -0.4 is 4.90 Å². The summed E-state index contributed by atoms with van der Waals surface area (Å²) in [7, 11) is 0. The molecule has 0 fully saturated rings. The molecule has 2 aromatic carbocycles.